The molecule has 0 fully saturated rings. The van der Waals surface area contributed by atoms with Crippen molar-refractivity contribution in [3.63, 3.8) is 0 Å². The fourth-order valence-electron chi connectivity index (χ4n) is 13.9. The van der Waals surface area contributed by atoms with Crippen LogP contribution in [0.1, 0.15) is 47.2 Å². The molecule has 3 aliphatic carbocycles. The van der Waals surface area contributed by atoms with Crippen LogP contribution in [-0.2, 0) is 10.8 Å². The maximum Gasteiger partial charge on any atom is 0.137 e. The molecule has 3 heteroatoms. The molecule has 0 bridgehead atoms. The van der Waals surface area contributed by atoms with Crippen molar-refractivity contribution in [2.24, 2.45) is 0 Å². The van der Waals surface area contributed by atoms with E-state index in [0.29, 0.717) is 0 Å². The average molecular weight is 1010 g/mol. The normalized spacial score (nSPS) is 13.6. The summed E-state index contributed by atoms with van der Waals surface area (Å²) in [6.07, 6.45) is 0. The number of fused-ring (bicyclic) bond motifs is 16. The maximum absolute atomic E-state index is 6.64. The Kier molecular flexibility index (Phi) is 9.90. The lowest BCUT2D eigenvalue weighted by atomic mass is 9.70. The first kappa shape index (κ1) is 45.3. The standard InChI is InChI=1S/C76H52N2O/c1-75(2)67-31-14-9-26-59(67)63-40-37-55(47-71(63)75)78(54-25-19-22-50(42-54)49-20-5-3-6-21-49)58-44-52(43-57(46-58)77(53-23-7-4-8-24-53)56-38-41-66-65-30-13-18-35-73(65)79-74(66)48-56)51-36-39-64-62-29-12-17-34-70(62)76(72(64)45-51)68-32-15-10-27-60(68)61-28-11-16-33-69(61)76/h3-48H,1-2H3. The number of anilines is 6. The molecule has 1 heterocycles. The van der Waals surface area contributed by atoms with Crippen LogP contribution in [0.25, 0.3) is 77.6 Å². The van der Waals surface area contributed by atoms with E-state index < -0.39 is 5.41 Å². The zero-order valence-corrected chi connectivity index (χ0v) is 43.9. The zero-order chi connectivity index (χ0) is 52.4. The van der Waals surface area contributed by atoms with E-state index in [2.05, 4.69) is 297 Å². The van der Waals surface area contributed by atoms with E-state index in [1.807, 2.05) is 6.07 Å². The lowest BCUT2D eigenvalue weighted by Gasteiger charge is -2.32. The van der Waals surface area contributed by atoms with Gasteiger partial charge in [0.2, 0.25) is 0 Å². The molecule has 13 aromatic rings. The highest BCUT2D eigenvalue weighted by Gasteiger charge is 2.51. The van der Waals surface area contributed by atoms with Gasteiger partial charge in [0.15, 0.2) is 0 Å². The monoisotopic (exact) mass is 1010 g/mol. The van der Waals surface area contributed by atoms with E-state index in [4.69, 9.17) is 4.42 Å². The highest BCUT2D eigenvalue weighted by Crippen LogP contribution is 2.63. The third-order valence-electron chi connectivity index (χ3n) is 17.4. The molecule has 3 nitrogen and oxygen atoms in total. The van der Waals surface area contributed by atoms with Gasteiger partial charge in [-0.25, -0.2) is 0 Å². The van der Waals surface area contributed by atoms with Crippen LogP contribution in [0.2, 0.25) is 0 Å². The minimum absolute atomic E-state index is 0.207. The summed E-state index contributed by atoms with van der Waals surface area (Å²) in [5.74, 6) is 0. The Morgan fingerprint density at radius 2 is 0.709 bits per heavy atom. The average Bonchev–Trinajstić information content (AvgIpc) is 3.03. The second-order valence-corrected chi connectivity index (χ2v) is 22.0. The summed E-state index contributed by atoms with van der Waals surface area (Å²) >= 11 is 0. The van der Waals surface area contributed by atoms with Gasteiger partial charge in [0.1, 0.15) is 11.2 Å². The van der Waals surface area contributed by atoms with Gasteiger partial charge in [-0.15, -0.1) is 0 Å². The summed E-state index contributed by atoms with van der Waals surface area (Å²) in [7, 11) is 0. The first-order chi connectivity index (χ1) is 38.9. The smallest absolute Gasteiger partial charge is 0.137 e. The minimum atomic E-state index is -0.494. The molecule has 0 aliphatic heterocycles. The second-order valence-electron chi connectivity index (χ2n) is 22.0. The van der Waals surface area contributed by atoms with Gasteiger partial charge >= 0.3 is 0 Å². The molecule has 79 heavy (non-hydrogen) atoms. The molecule has 1 spiro atoms. The molecule has 3 aliphatic rings. The van der Waals surface area contributed by atoms with Crippen molar-refractivity contribution in [2.75, 3.05) is 9.80 Å². The number of rotatable bonds is 8. The molecule has 0 saturated heterocycles. The number of furan rings is 1. The Bertz CT molecular complexity index is 4540. The molecular formula is C76H52N2O. The summed E-state index contributed by atoms with van der Waals surface area (Å²) in [6.45, 7) is 4.74. The van der Waals surface area contributed by atoms with Crippen LogP contribution in [-0.4, -0.2) is 0 Å². The molecule has 16 rings (SSSR count). The number of nitrogens with zero attached hydrogens (tertiary/aromatic N) is 2. The SMILES string of the molecule is CC1(C)c2ccccc2-c2ccc(N(c3cccc(-c4ccccc4)c3)c3cc(-c4ccc5c(c4)C4(c6ccccc6-c6ccccc64)c4ccccc4-5)cc(N(c4ccccc4)c4ccc5c(c4)oc4ccccc45)c3)cc21. The van der Waals surface area contributed by atoms with Gasteiger partial charge in [-0.3, -0.25) is 0 Å². The minimum Gasteiger partial charge on any atom is -0.456 e. The van der Waals surface area contributed by atoms with Gasteiger partial charge in [-0.1, -0.05) is 208 Å². The van der Waals surface area contributed by atoms with E-state index in [1.165, 1.54) is 72.3 Å². The number of benzene rings is 12. The highest BCUT2D eigenvalue weighted by molar-refractivity contribution is 6.06. The fourth-order valence-corrected chi connectivity index (χ4v) is 13.9. The van der Waals surface area contributed by atoms with Crippen LogP contribution in [0.5, 0.6) is 0 Å². The molecule has 0 N–H and O–H groups in total. The van der Waals surface area contributed by atoms with Gasteiger partial charge in [0, 0.05) is 56.4 Å². The molecule has 372 valence electrons. The Morgan fingerprint density at radius 3 is 1.41 bits per heavy atom. The first-order valence-corrected chi connectivity index (χ1v) is 27.5. The highest BCUT2D eigenvalue weighted by atomic mass is 16.3. The van der Waals surface area contributed by atoms with Crippen molar-refractivity contribution >= 4 is 56.1 Å². The molecule has 12 aromatic carbocycles. The fraction of sp³-hybridized carbons (Fsp3) is 0.0526. The van der Waals surface area contributed by atoms with Crippen molar-refractivity contribution in [3.8, 4) is 55.6 Å². The van der Waals surface area contributed by atoms with Gasteiger partial charge < -0.3 is 14.2 Å². The molecular weight excluding hydrogens is 957 g/mol. The summed E-state index contributed by atoms with van der Waals surface area (Å²) in [4.78, 5) is 4.88. The van der Waals surface area contributed by atoms with Crippen molar-refractivity contribution in [3.05, 3.63) is 312 Å². The molecule has 0 saturated carbocycles. The van der Waals surface area contributed by atoms with Crippen LogP contribution < -0.4 is 9.80 Å². The van der Waals surface area contributed by atoms with Gasteiger partial charge in [-0.2, -0.15) is 0 Å². The van der Waals surface area contributed by atoms with Crippen molar-refractivity contribution in [2.45, 2.75) is 24.7 Å². The van der Waals surface area contributed by atoms with Gasteiger partial charge in [0.05, 0.1) is 5.41 Å². The van der Waals surface area contributed by atoms with Crippen LogP contribution >= 0.6 is 0 Å². The van der Waals surface area contributed by atoms with Crippen molar-refractivity contribution in [1.29, 1.82) is 0 Å². The third kappa shape index (κ3) is 6.73. The lowest BCUT2D eigenvalue weighted by molar-refractivity contribution is 0.660. The predicted octanol–water partition coefficient (Wildman–Crippen LogP) is 20.5. The van der Waals surface area contributed by atoms with Crippen molar-refractivity contribution < 1.29 is 4.42 Å². The third-order valence-corrected chi connectivity index (χ3v) is 17.4. The van der Waals surface area contributed by atoms with Gasteiger partial charge in [-0.05, 0) is 168 Å². The summed E-state index contributed by atoms with van der Waals surface area (Å²) < 4.78 is 6.64. The maximum atomic E-state index is 6.64. The first-order valence-electron chi connectivity index (χ1n) is 27.5. The quantitative estimate of drug-likeness (QED) is 0.151. The Hall–Kier alpha value is -9.96. The molecule has 0 unspecified atom stereocenters. The van der Waals surface area contributed by atoms with E-state index in [0.717, 1.165) is 72.8 Å². The predicted molar refractivity (Wildman–Crippen MR) is 328 cm³/mol. The summed E-state index contributed by atoms with van der Waals surface area (Å²) in [5, 5.41) is 2.20. The number of para-hydroxylation sites is 2. The summed E-state index contributed by atoms with van der Waals surface area (Å²) in [5.41, 5.74) is 27.5. The lowest BCUT2D eigenvalue weighted by Crippen LogP contribution is -2.25. The van der Waals surface area contributed by atoms with E-state index >= 15 is 0 Å². The topological polar surface area (TPSA) is 19.6 Å². The molecule has 0 radical (unpaired) electrons. The van der Waals surface area contributed by atoms with E-state index in [1.54, 1.807) is 0 Å². The van der Waals surface area contributed by atoms with Crippen LogP contribution in [0.15, 0.2) is 283 Å². The van der Waals surface area contributed by atoms with Crippen LogP contribution in [0.3, 0.4) is 0 Å². The van der Waals surface area contributed by atoms with E-state index in [9.17, 15) is 0 Å². The Morgan fingerprint density at radius 1 is 0.253 bits per heavy atom. The molecule has 1 aromatic heterocycles. The van der Waals surface area contributed by atoms with Crippen LogP contribution in [0, 0.1) is 0 Å². The summed E-state index contributed by atoms with van der Waals surface area (Å²) in [6, 6.07) is 103. The molecule has 0 amide bonds. The largest absolute Gasteiger partial charge is 0.456 e. The number of hydrogen-bond donors (Lipinski definition) is 0. The van der Waals surface area contributed by atoms with Crippen LogP contribution in [0.4, 0.5) is 34.1 Å². The van der Waals surface area contributed by atoms with Gasteiger partial charge in [0.25, 0.3) is 0 Å². The van der Waals surface area contributed by atoms with E-state index in [-0.39, 0.29) is 5.41 Å². The Labute approximate surface area is 460 Å². The molecule has 0 atom stereocenters. The second kappa shape index (κ2) is 17.3. The zero-order valence-electron chi connectivity index (χ0n) is 43.9. The number of hydrogen-bond acceptors (Lipinski definition) is 3. The Balaban J connectivity index is 0.972. The van der Waals surface area contributed by atoms with Crippen molar-refractivity contribution in [1.82, 2.24) is 0 Å².